The van der Waals surface area contributed by atoms with Crippen LogP contribution >= 0.6 is 0 Å². The van der Waals surface area contributed by atoms with Crippen LogP contribution in [0.1, 0.15) is 5.56 Å². The molecule has 0 radical (unpaired) electrons. The minimum absolute atomic E-state index is 0.0347. The molecule has 0 bridgehead atoms. The second-order valence-electron chi connectivity index (χ2n) is 1.74. The summed E-state index contributed by atoms with van der Waals surface area (Å²) in [5.74, 6) is 0.0347. The van der Waals surface area contributed by atoms with Gasteiger partial charge in [-0.15, -0.1) is 5.75 Å². The molecule has 0 aliphatic rings. The smallest absolute Gasteiger partial charge is 0.0341 e. The molecule has 0 aromatic heterocycles. The monoisotopic (exact) mass is 119 g/mol. The number of benzene rings is 1. The second kappa shape index (κ2) is 2.35. The van der Waals surface area contributed by atoms with Crippen LogP contribution in [0.5, 0.6) is 5.75 Å². The van der Waals surface area contributed by atoms with Crippen molar-refractivity contribution in [2.45, 2.75) is 0 Å². The van der Waals surface area contributed by atoms with Crippen molar-refractivity contribution < 1.29 is 5.11 Å². The molecule has 0 fully saturated rings. The summed E-state index contributed by atoms with van der Waals surface area (Å²) in [6.45, 7) is 3.49. The molecule has 1 nitrogen and oxygen atoms in total. The fraction of sp³-hybridized carbons (Fsp3) is 0. The van der Waals surface area contributed by atoms with Gasteiger partial charge >= 0.3 is 0 Å². The van der Waals surface area contributed by atoms with E-state index in [1.807, 2.05) is 6.07 Å². The molecule has 0 saturated carbocycles. The van der Waals surface area contributed by atoms with E-state index < -0.39 is 0 Å². The van der Waals surface area contributed by atoms with Gasteiger partial charge in [-0.2, -0.15) is 0 Å². The van der Waals surface area contributed by atoms with Gasteiger partial charge in [0.05, 0.1) is 0 Å². The predicted molar refractivity (Wildman–Crippen MR) is 36.0 cm³/mol. The van der Waals surface area contributed by atoms with E-state index in [0.717, 1.165) is 0 Å². The molecule has 9 heavy (non-hydrogen) atoms. The van der Waals surface area contributed by atoms with Crippen LogP contribution in [0.2, 0.25) is 0 Å². The molecule has 1 rings (SSSR count). The Kier molecular flexibility index (Phi) is 1.54. The Morgan fingerprint density at radius 2 is 2.00 bits per heavy atom. The molecule has 0 aliphatic carbocycles. The van der Waals surface area contributed by atoms with E-state index in [-0.39, 0.29) is 5.75 Å². The highest BCUT2D eigenvalue weighted by Crippen LogP contribution is 2.12. The lowest BCUT2D eigenvalue weighted by Crippen LogP contribution is -1.90. The van der Waals surface area contributed by atoms with Crippen molar-refractivity contribution >= 4 is 6.08 Å². The molecule has 0 N–H and O–H groups in total. The fourth-order valence-electron chi connectivity index (χ4n) is 0.649. The lowest BCUT2D eigenvalue weighted by Gasteiger charge is -2.07. The van der Waals surface area contributed by atoms with Gasteiger partial charge in [-0.3, -0.25) is 0 Å². The Morgan fingerprint density at radius 3 is 2.44 bits per heavy atom. The Morgan fingerprint density at radius 1 is 1.33 bits per heavy atom. The van der Waals surface area contributed by atoms with Crippen LogP contribution in [0.4, 0.5) is 0 Å². The van der Waals surface area contributed by atoms with Gasteiger partial charge in [-0.25, -0.2) is 0 Å². The molecule has 1 aromatic carbocycles. The SMILES string of the molecule is C=Cc1ccccc1[O-]. The normalized spacial score (nSPS) is 8.89. The standard InChI is InChI=1S/C8H8O/c1-2-7-5-3-4-6-8(7)9/h2-6,9H,1H2/p-1. The van der Waals surface area contributed by atoms with Crippen molar-refractivity contribution in [3.63, 3.8) is 0 Å². The van der Waals surface area contributed by atoms with Crippen molar-refractivity contribution in [3.8, 4) is 5.75 Å². The van der Waals surface area contributed by atoms with Crippen LogP contribution in [0.15, 0.2) is 30.8 Å². The van der Waals surface area contributed by atoms with Crippen LogP contribution in [0.25, 0.3) is 6.08 Å². The van der Waals surface area contributed by atoms with Gasteiger partial charge in [0.15, 0.2) is 0 Å². The molecular formula is C8H7O-. The quantitative estimate of drug-likeness (QED) is 0.548. The largest absolute Gasteiger partial charge is 0.872 e. The first kappa shape index (κ1) is 5.89. The summed E-state index contributed by atoms with van der Waals surface area (Å²) in [7, 11) is 0. The minimum Gasteiger partial charge on any atom is -0.872 e. The molecule has 0 aliphatic heterocycles. The van der Waals surface area contributed by atoms with Crippen LogP contribution in [-0.2, 0) is 0 Å². The zero-order chi connectivity index (χ0) is 6.69. The molecule has 1 aromatic rings. The molecular weight excluding hydrogens is 112 g/mol. The Balaban J connectivity index is 3.15. The fourth-order valence-corrected chi connectivity index (χ4v) is 0.649. The molecule has 0 heterocycles. The van der Waals surface area contributed by atoms with Crippen molar-refractivity contribution in [1.82, 2.24) is 0 Å². The van der Waals surface area contributed by atoms with Gasteiger partial charge in [-0.1, -0.05) is 36.9 Å². The number of rotatable bonds is 1. The van der Waals surface area contributed by atoms with Crippen molar-refractivity contribution in [2.24, 2.45) is 0 Å². The number of para-hydroxylation sites is 1. The molecule has 0 atom stereocenters. The average Bonchev–Trinajstić information content (AvgIpc) is 1.89. The van der Waals surface area contributed by atoms with E-state index in [0.29, 0.717) is 5.56 Å². The van der Waals surface area contributed by atoms with Gasteiger partial charge in [0, 0.05) is 0 Å². The zero-order valence-corrected chi connectivity index (χ0v) is 5.00. The number of hydrogen-bond acceptors (Lipinski definition) is 1. The molecule has 46 valence electrons. The van der Waals surface area contributed by atoms with Gasteiger partial charge in [0.25, 0.3) is 0 Å². The number of hydrogen-bond donors (Lipinski definition) is 0. The van der Waals surface area contributed by atoms with E-state index in [9.17, 15) is 5.11 Å². The molecule has 0 saturated heterocycles. The van der Waals surface area contributed by atoms with E-state index in [2.05, 4.69) is 6.58 Å². The topological polar surface area (TPSA) is 23.1 Å². The van der Waals surface area contributed by atoms with Gasteiger partial charge in [-0.05, 0) is 5.56 Å². The maximum Gasteiger partial charge on any atom is -0.0341 e. The summed E-state index contributed by atoms with van der Waals surface area (Å²) in [4.78, 5) is 0. The van der Waals surface area contributed by atoms with E-state index in [4.69, 9.17) is 0 Å². The van der Waals surface area contributed by atoms with Crippen LogP contribution in [0, 0.1) is 0 Å². The van der Waals surface area contributed by atoms with Crippen LogP contribution in [-0.4, -0.2) is 0 Å². The third kappa shape index (κ3) is 1.11. The highest BCUT2D eigenvalue weighted by Gasteiger charge is 1.81. The third-order valence-corrected chi connectivity index (χ3v) is 1.14. The summed E-state index contributed by atoms with van der Waals surface area (Å²) in [5.41, 5.74) is 0.664. The first-order valence-electron chi connectivity index (χ1n) is 2.73. The Labute approximate surface area is 54.3 Å². The zero-order valence-electron chi connectivity index (χ0n) is 5.00. The Bertz CT molecular complexity index is 216. The van der Waals surface area contributed by atoms with E-state index in [1.54, 1.807) is 18.2 Å². The molecule has 0 spiro atoms. The van der Waals surface area contributed by atoms with Gasteiger partial charge in [0.2, 0.25) is 0 Å². The molecule has 0 unspecified atom stereocenters. The lowest BCUT2D eigenvalue weighted by molar-refractivity contribution is -0.268. The van der Waals surface area contributed by atoms with Crippen molar-refractivity contribution in [1.29, 1.82) is 0 Å². The molecule has 0 amide bonds. The van der Waals surface area contributed by atoms with E-state index >= 15 is 0 Å². The van der Waals surface area contributed by atoms with E-state index in [1.165, 1.54) is 6.07 Å². The maximum atomic E-state index is 10.8. The van der Waals surface area contributed by atoms with Crippen LogP contribution in [0.3, 0.4) is 0 Å². The summed E-state index contributed by atoms with van der Waals surface area (Å²) >= 11 is 0. The highest BCUT2D eigenvalue weighted by atomic mass is 16.3. The highest BCUT2D eigenvalue weighted by molar-refractivity contribution is 5.53. The Hall–Kier alpha value is -1.24. The second-order valence-corrected chi connectivity index (χ2v) is 1.74. The summed E-state index contributed by atoms with van der Waals surface area (Å²) in [6, 6.07) is 6.81. The first-order chi connectivity index (χ1) is 4.34. The third-order valence-electron chi connectivity index (χ3n) is 1.14. The van der Waals surface area contributed by atoms with Gasteiger partial charge < -0.3 is 5.11 Å². The molecule has 1 heteroatoms. The van der Waals surface area contributed by atoms with Crippen molar-refractivity contribution in [2.75, 3.05) is 0 Å². The van der Waals surface area contributed by atoms with Gasteiger partial charge in [0.1, 0.15) is 0 Å². The maximum absolute atomic E-state index is 10.8. The lowest BCUT2D eigenvalue weighted by atomic mass is 10.2. The minimum atomic E-state index is 0.0347. The first-order valence-corrected chi connectivity index (χ1v) is 2.73. The van der Waals surface area contributed by atoms with Crippen LogP contribution < -0.4 is 5.11 Å². The summed E-state index contributed by atoms with van der Waals surface area (Å²) in [6.07, 6.45) is 1.56. The summed E-state index contributed by atoms with van der Waals surface area (Å²) < 4.78 is 0. The van der Waals surface area contributed by atoms with Crippen molar-refractivity contribution in [3.05, 3.63) is 36.4 Å². The summed E-state index contributed by atoms with van der Waals surface area (Å²) in [5, 5.41) is 10.8. The average molecular weight is 119 g/mol. The predicted octanol–water partition coefficient (Wildman–Crippen LogP) is 1.40.